The van der Waals surface area contributed by atoms with E-state index in [1.165, 1.54) is 11.1 Å². The largest absolute Gasteiger partial charge is 0.497 e. The lowest BCUT2D eigenvalue weighted by Gasteiger charge is -2.19. The number of likely N-dealkylation sites (N-methyl/N-ethyl adjacent to an activating group) is 1. The molecule has 20 heavy (non-hydrogen) atoms. The van der Waals surface area contributed by atoms with Gasteiger partial charge in [0.25, 0.3) is 0 Å². The van der Waals surface area contributed by atoms with Crippen molar-refractivity contribution in [2.45, 2.75) is 12.5 Å². The highest BCUT2D eigenvalue weighted by Crippen LogP contribution is 2.29. The van der Waals surface area contributed by atoms with Crippen LogP contribution in [0.3, 0.4) is 0 Å². The monoisotopic (exact) mass is 353 g/mol. The third-order valence-electron chi connectivity index (χ3n) is 3.28. The maximum absolute atomic E-state index is 5.92. The number of rotatable bonds is 5. The molecule has 0 aliphatic heterocycles. The fourth-order valence-electron chi connectivity index (χ4n) is 2.14. The first kappa shape index (κ1) is 15.4. The maximum Gasteiger partial charge on any atom is 0.120 e. The van der Waals surface area contributed by atoms with Crippen LogP contribution in [0.15, 0.2) is 46.9 Å². The highest BCUT2D eigenvalue weighted by molar-refractivity contribution is 9.10. The summed E-state index contributed by atoms with van der Waals surface area (Å²) in [6, 6.07) is 14.2. The third kappa shape index (κ3) is 3.75. The Morgan fingerprint density at radius 2 is 1.90 bits per heavy atom. The zero-order valence-corrected chi connectivity index (χ0v) is 13.8. The molecule has 0 aromatic heterocycles. The molecule has 0 saturated carbocycles. The minimum Gasteiger partial charge on any atom is -0.497 e. The van der Waals surface area contributed by atoms with Gasteiger partial charge in [0, 0.05) is 15.5 Å². The van der Waals surface area contributed by atoms with Crippen molar-refractivity contribution in [3.8, 4) is 5.75 Å². The van der Waals surface area contributed by atoms with Crippen LogP contribution >= 0.6 is 27.5 Å². The van der Waals surface area contributed by atoms with Crippen molar-refractivity contribution < 1.29 is 4.74 Å². The predicted molar refractivity (Wildman–Crippen MR) is 87.7 cm³/mol. The van der Waals surface area contributed by atoms with Crippen LogP contribution in [0.25, 0.3) is 0 Å². The molecule has 106 valence electrons. The lowest BCUT2D eigenvalue weighted by Crippen LogP contribution is -2.19. The first-order valence-electron chi connectivity index (χ1n) is 6.39. The van der Waals surface area contributed by atoms with E-state index in [0.29, 0.717) is 0 Å². The van der Waals surface area contributed by atoms with Crippen molar-refractivity contribution in [3.05, 3.63) is 63.1 Å². The molecule has 0 amide bonds. The number of benzene rings is 2. The lowest BCUT2D eigenvalue weighted by molar-refractivity contribution is 0.414. The van der Waals surface area contributed by atoms with Gasteiger partial charge in [0.2, 0.25) is 0 Å². The quantitative estimate of drug-likeness (QED) is 0.846. The van der Waals surface area contributed by atoms with E-state index in [4.69, 9.17) is 16.3 Å². The number of ether oxygens (including phenoxy) is 1. The van der Waals surface area contributed by atoms with Crippen molar-refractivity contribution in [2.75, 3.05) is 14.2 Å². The fraction of sp³-hybridized carbons (Fsp3) is 0.250. The molecule has 1 unspecified atom stereocenters. The van der Waals surface area contributed by atoms with Gasteiger partial charge in [-0.2, -0.15) is 0 Å². The number of hydrogen-bond donors (Lipinski definition) is 1. The Bertz CT molecular complexity index is 571. The van der Waals surface area contributed by atoms with E-state index in [0.717, 1.165) is 21.7 Å². The molecule has 1 atom stereocenters. The first-order valence-corrected chi connectivity index (χ1v) is 7.56. The summed E-state index contributed by atoms with van der Waals surface area (Å²) in [7, 11) is 3.64. The molecule has 0 fully saturated rings. The van der Waals surface area contributed by atoms with Crippen LogP contribution in [-0.4, -0.2) is 14.2 Å². The molecule has 0 aliphatic carbocycles. The van der Waals surface area contributed by atoms with Gasteiger partial charge >= 0.3 is 0 Å². The Kier molecular flexibility index (Phi) is 5.46. The molecular weight excluding hydrogens is 338 g/mol. The molecule has 2 aromatic rings. The molecule has 0 saturated heterocycles. The summed E-state index contributed by atoms with van der Waals surface area (Å²) in [6.07, 6.45) is 0.901. The van der Waals surface area contributed by atoms with Crippen LogP contribution in [-0.2, 0) is 6.42 Å². The average Bonchev–Trinajstić information content (AvgIpc) is 2.47. The van der Waals surface area contributed by atoms with Crippen LogP contribution in [0.2, 0.25) is 5.02 Å². The second-order valence-corrected chi connectivity index (χ2v) is 5.85. The van der Waals surface area contributed by atoms with Crippen molar-refractivity contribution in [2.24, 2.45) is 0 Å². The third-order valence-corrected chi connectivity index (χ3v) is 4.22. The average molecular weight is 355 g/mol. The molecule has 0 bridgehead atoms. The summed E-state index contributed by atoms with van der Waals surface area (Å²) in [6.45, 7) is 0. The van der Waals surface area contributed by atoms with Gasteiger partial charge < -0.3 is 10.1 Å². The van der Waals surface area contributed by atoms with Gasteiger partial charge in [-0.3, -0.25) is 0 Å². The van der Waals surface area contributed by atoms with E-state index < -0.39 is 0 Å². The summed E-state index contributed by atoms with van der Waals surface area (Å²) >= 11 is 9.53. The van der Waals surface area contributed by atoms with E-state index in [1.54, 1.807) is 7.11 Å². The normalized spacial score (nSPS) is 12.2. The fourth-order valence-corrected chi connectivity index (χ4v) is 2.90. The van der Waals surface area contributed by atoms with Crippen LogP contribution < -0.4 is 10.1 Å². The Hall–Kier alpha value is -1.03. The van der Waals surface area contributed by atoms with E-state index in [1.807, 2.05) is 31.3 Å². The topological polar surface area (TPSA) is 21.3 Å². The molecule has 1 N–H and O–H groups in total. The molecule has 0 radical (unpaired) electrons. The highest BCUT2D eigenvalue weighted by atomic mass is 79.9. The Labute approximate surface area is 133 Å². The molecule has 0 aliphatic rings. The summed E-state index contributed by atoms with van der Waals surface area (Å²) in [5, 5.41) is 4.12. The summed E-state index contributed by atoms with van der Waals surface area (Å²) in [5.41, 5.74) is 2.46. The van der Waals surface area contributed by atoms with Gasteiger partial charge in [0.1, 0.15) is 5.75 Å². The molecule has 2 nitrogen and oxygen atoms in total. The van der Waals surface area contributed by atoms with Crippen molar-refractivity contribution in [3.63, 3.8) is 0 Å². The molecule has 2 rings (SSSR count). The van der Waals surface area contributed by atoms with Crippen molar-refractivity contribution in [1.82, 2.24) is 5.32 Å². The van der Waals surface area contributed by atoms with Crippen LogP contribution in [0.1, 0.15) is 17.2 Å². The predicted octanol–water partition coefficient (Wildman–Crippen LogP) is 4.61. The van der Waals surface area contributed by atoms with E-state index in [-0.39, 0.29) is 6.04 Å². The second kappa shape index (κ2) is 7.11. The van der Waals surface area contributed by atoms with Gasteiger partial charge in [-0.25, -0.2) is 0 Å². The SMILES string of the molecule is CNC(Cc1ccc(Cl)cc1)c1ccc(OC)cc1Br. The minimum absolute atomic E-state index is 0.233. The summed E-state index contributed by atoms with van der Waals surface area (Å²) in [5.74, 6) is 0.849. The van der Waals surface area contributed by atoms with Gasteiger partial charge in [0.15, 0.2) is 0 Å². The zero-order valence-electron chi connectivity index (χ0n) is 11.5. The number of halogens is 2. The molecule has 4 heteroatoms. The minimum atomic E-state index is 0.233. The van der Waals surface area contributed by atoms with Crippen LogP contribution in [0.5, 0.6) is 5.75 Å². The van der Waals surface area contributed by atoms with E-state index in [2.05, 4.69) is 39.4 Å². The molecule has 0 heterocycles. The number of methoxy groups -OCH3 is 1. The number of nitrogens with one attached hydrogen (secondary N) is 1. The molecule has 2 aromatic carbocycles. The van der Waals surface area contributed by atoms with Crippen molar-refractivity contribution >= 4 is 27.5 Å². The Morgan fingerprint density at radius 1 is 1.20 bits per heavy atom. The van der Waals surface area contributed by atoms with Gasteiger partial charge in [-0.15, -0.1) is 0 Å². The van der Waals surface area contributed by atoms with Crippen molar-refractivity contribution in [1.29, 1.82) is 0 Å². The molecule has 0 spiro atoms. The lowest BCUT2D eigenvalue weighted by atomic mass is 9.99. The number of hydrogen-bond acceptors (Lipinski definition) is 2. The summed E-state index contributed by atoms with van der Waals surface area (Å²) in [4.78, 5) is 0. The second-order valence-electron chi connectivity index (χ2n) is 4.56. The Balaban J connectivity index is 2.21. The molecular formula is C16H17BrClNO. The van der Waals surface area contributed by atoms with Gasteiger partial charge in [-0.05, 0) is 48.9 Å². The van der Waals surface area contributed by atoms with Gasteiger partial charge in [0.05, 0.1) is 7.11 Å². The smallest absolute Gasteiger partial charge is 0.120 e. The first-order chi connectivity index (χ1) is 9.63. The van der Waals surface area contributed by atoms with Crippen LogP contribution in [0.4, 0.5) is 0 Å². The Morgan fingerprint density at radius 3 is 2.45 bits per heavy atom. The van der Waals surface area contributed by atoms with E-state index >= 15 is 0 Å². The zero-order chi connectivity index (χ0) is 14.5. The summed E-state index contributed by atoms with van der Waals surface area (Å²) < 4.78 is 6.28. The highest BCUT2D eigenvalue weighted by Gasteiger charge is 2.14. The van der Waals surface area contributed by atoms with Crippen LogP contribution in [0, 0.1) is 0 Å². The standard InChI is InChI=1S/C16H17BrClNO/c1-19-16(9-11-3-5-12(18)6-4-11)14-8-7-13(20-2)10-15(14)17/h3-8,10,16,19H,9H2,1-2H3. The van der Waals surface area contributed by atoms with E-state index in [9.17, 15) is 0 Å². The maximum atomic E-state index is 5.92. The van der Waals surface area contributed by atoms with Gasteiger partial charge in [-0.1, -0.05) is 45.7 Å².